The van der Waals surface area contributed by atoms with Gasteiger partial charge in [0.25, 0.3) is 5.91 Å². The first-order valence-corrected chi connectivity index (χ1v) is 18.2. The molecule has 2 amide bonds. The molecule has 48 heavy (non-hydrogen) atoms. The van der Waals surface area contributed by atoms with Crippen molar-refractivity contribution >= 4 is 44.3 Å². The number of carbonyl (C=O) groups excluding carboxylic acids is 3. The van der Waals surface area contributed by atoms with E-state index in [4.69, 9.17) is 10.5 Å². The number of halogens is 2. The highest BCUT2D eigenvalue weighted by Gasteiger charge is 2.36. The van der Waals surface area contributed by atoms with Gasteiger partial charge in [-0.15, -0.1) is 0 Å². The Kier molecular flexibility index (Phi) is 9.24. The van der Waals surface area contributed by atoms with E-state index < -0.39 is 33.5 Å². The van der Waals surface area contributed by atoms with Gasteiger partial charge >= 0.3 is 6.09 Å². The molecule has 14 heteroatoms. The summed E-state index contributed by atoms with van der Waals surface area (Å²) in [6.45, 7) is 5.73. The summed E-state index contributed by atoms with van der Waals surface area (Å²) in [4.78, 5) is 40.1. The molecule has 1 aromatic heterocycles. The number of hydrogen-bond donors (Lipinski definition) is 3. The monoisotopic (exact) mass is 685 g/mol. The first-order valence-electron chi connectivity index (χ1n) is 16.3. The van der Waals surface area contributed by atoms with Crippen LogP contribution in [0.3, 0.4) is 0 Å². The molecule has 2 aliphatic heterocycles. The van der Waals surface area contributed by atoms with Gasteiger partial charge in [0.1, 0.15) is 17.7 Å². The van der Waals surface area contributed by atoms with E-state index in [1.165, 1.54) is 22.8 Å². The minimum atomic E-state index is -2.96. The van der Waals surface area contributed by atoms with Crippen molar-refractivity contribution in [1.82, 2.24) is 14.8 Å². The van der Waals surface area contributed by atoms with E-state index in [9.17, 15) is 27.2 Å². The van der Waals surface area contributed by atoms with Crippen LogP contribution >= 0.6 is 0 Å². The Balaban J connectivity index is 1.15. The molecule has 258 valence electrons. The lowest BCUT2D eigenvalue weighted by Crippen LogP contribution is -2.44. The number of anilines is 1. The third-order valence-corrected chi connectivity index (χ3v) is 11.2. The van der Waals surface area contributed by atoms with E-state index in [1.807, 2.05) is 18.7 Å². The van der Waals surface area contributed by atoms with Crippen molar-refractivity contribution in [2.24, 2.45) is 11.1 Å². The van der Waals surface area contributed by atoms with Crippen molar-refractivity contribution in [2.45, 2.75) is 64.5 Å². The van der Waals surface area contributed by atoms with Crippen molar-refractivity contribution in [1.29, 1.82) is 0 Å². The Morgan fingerprint density at radius 3 is 2.44 bits per heavy atom. The van der Waals surface area contributed by atoms with Crippen LogP contribution in [0.15, 0.2) is 30.3 Å². The highest BCUT2D eigenvalue weighted by molar-refractivity contribution is 7.91. The van der Waals surface area contributed by atoms with Gasteiger partial charge in [-0.25, -0.2) is 22.0 Å². The number of alkyl carbamates (subject to hydrolysis) is 1. The highest BCUT2D eigenvalue weighted by Crippen LogP contribution is 2.44. The van der Waals surface area contributed by atoms with E-state index in [-0.39, 0.29) is 52.6 Å². The summed E-state index contributed by atoms with van der Waals surface area (Å²) in [6.07, 6.45) is 2.18. The molecule has 1 saturated heterocycles. The second kappa shape index (κ2) is 13.1. The highest BCUT2D eigenvalue weighted by atomic mass is 32.2. The Labute approximate surface area is 278 Å². The third-order valence-electron chi connectivity index (χ3n) is 9.62. The summed E-state index contributed by atoms with van der Waals surface area (Å²) >= 11 is 0. The Morgan fingerprint density at radius 1 is 1.04 bits per heavy atom. The number of ether oxygens (including phenoxy) is 1. The molecule has 0 bridgehead atoms. The maximum atomic E-state index is 15.7. The molecule has 3 heterocycles. The Bertz CT molecular complexity index is 1870. The number of sulfone groups is 1. The lowest BCUT2D eigenvalue weighted by molar-refractivity contribution is 0.0725. The predicted octanol–water partition coefficient (Wildman–Crippen LogP) is 4.48. The van der Waals surface area contributed by atoms with E-state index in [0.717, 1.165) is 0 Å². The van der Waals surface area contributed by atoms with Crippen LogP contribution in [0.4, 0.5) is 19.3 Å². The van der Waals surface area contributed by atoms with Gasteiger partial charge in [-0.1, -0.05) is 13.8 Å². The van der Waals surface area contributed by atoms with Crippen molar-refractivity contribution < 1.29 is 36.3 Å². The molecule has 6 rings (SSSR count). The second-order valence-corrected chi connectivity index (χ2v) is 16.2. The summed E-state index contributed by atoms with van der Waals surface area (Å²) in [7, 11) is -2.96. The largest absolute Gasteiger partial charge is 0.446 e. The normalized spacial score (nSPS) is 22.2. The average Bonchev–Trinajstić information content (AvgIpc) is 3.30. The standard InChI is InChI=1S/C34H41F2N5O6S/c1-34(2)18-28-30(24-8-3-21(35)17-27(24)41(28)29(42)19-34)20-15-25(36)31(32(37)43)26(16-20)39-22-4-6-23(7-5-22)47-33(44)38-9-10-40-11-13-48(45,46)14-12-40/h3,8,15-17,22-23,39H,4-7,9-14,18-19H2,1-2H3,(H2,37,43)(H,38,44). The summed E-state index contributed by atoms with van der Waals surface area (Å²) in [5.41, 5.74) is 7.34. The minimum absolute atomic E-state index is 0.124. The summed E-state index contributed by atoms with van der Waals surface area (Å²) in [5, 5.41) is 6.65. The van der Waals surface area contributed by atoms with Crippen molar-refractivity contribution in [3.05, 3.63) is 53.2 Å². The quantitative estimate of drug-likeness (QED) is 0.314. The van der Waals surface area contributed by atoms with Gasteiger partial charge in [-0.05, 0) is 73.4 Å². The molecule has 2 aromatic carbocycles. The van der Waals surface area contributed by atoms with Crippen LogP contribution in [-0.4, -0.2) is 85.6 Å². The smallest absolute Gasteiger partial charge is 0.407 e. The molecule has 0 radical (unpaired) electrons. The molecule has 2 fully saturated rings. The minimum Gasteiger partial charge on any atom is -0.446 e. The van der Waals surface area contributed by atoms with Gasteiger partial charge in [-0.2, -0.15) is 0 Å². The van der Waals surface area contributed by atoms with Crippen LogP contribution in [0.5, 0.6) is 0 Å². The molecule has 0 spiro atoms. The SMILES string of the molecule is CC1(C)CC(=O)n2c(c(-c3cc(F)c(C(N)=O)c(NC4CCC(OC(=O)NCCN5CCS(=O)(=O)CC5)CC4)c3)c3ccc(F)cc32)C1. The molecule has 0 unspecified atom stereocenters. The lowest BCUT2D eigenvalue weighted by atomic mass is 9.80. The Hall–Kier alpha value is -4.04. The van der Waals surface area contributed by atoms with Crippen LogP contribution in [-0.2, 0) is 21.0 Å². The molecular formula is C34H41F2N5O6S. The third kappa shape index (κ3) is 7.19. The number of primary amides is 1. The summed E-state index contributed by atoms with van der Waals surface area (Å²) in [5.74, 6) is -2.14. The molecular weight excluding hydrogens is 644 g/mol. The van der Waals surface area contributed by atoms with Crippen LogP contribution in [0.1, 0.15) is 66.8 Å². The van der Waals surface area contributed by atoms with Crippen molar-refractivity contribution in [3.63, 3.8) is 0 Å². The van der Waals surface area contributed by atoms with Crippen LogP contribution < -0.4 is 16.4 Å². The molecule has 1 aliphatic carbocycles. The van der Waals surface area contributed by atoms with E-state index >= 15 is 4.39 Å². The maximum Gasteiger partial charge on any atom is 0.407 e. The summed E-state index contributed by atoms with van der Waals surface area (Å²) < 4.78 is 60.4. The number of nitrogens with one attached hydrogen (secondary N) is 2. The fourth-order valence-corrected chi connectivity index (χ4v) is 8.51. The number of hydrogen-bond acceptors (Lipinski definition) is 8. The second-order valence-electron chi connectivity index (χ2n) is 13.9. The number of benzene rings is 2. The van der Waals surface area contributed by atoms with Crippen LogP contribution in [0.25, 0.3) is 22.0 Å². The molecule has 4 N–H and O–H groups in total. The maximum absolute atomic E-state index is 15.7. The van der Waals surface area contributed by atoms with Gasteiger partial charge in [-0.3, -0.25) is 19.1 Å². The van der Waals surface area contributed by atoms with Gasteiger partial charge in [0.05, 0.1) is 28.3 Å². The molecule has 1 saturated carbocycles. The topological polar surface area (TPSA) is 153 Å². The zero-order chi connectivity index (χ0) is 34.4. The van der Waals surface area contributed by atoms with E-state index in [0.29, 0.717) is 86.0 Å². The lowest BCUT2D eigenvalue weighted by Gasteiger charge is -2.31. The number of carbonyl (C=O) groups is 3. The van der Waals surface area contributed by atoms with Crippen LogP contribution in [0.2, 0.25) is 0 Å². The first-order chi connectivity index (χ1) is 22.7. The van der Waals surface area contributed by atoms with Gasteiger partial charge in [0, 0.05) is 55.3 Å². The molecule has 0 atom stereocenters. The zero-order valence-corrected chi connectivity index (χ0v) is 27.9. The van der Waals surface area contributed by atoms with Gasteiger partial charge in [0.2, 0.25) is 5.91 Å². The summed E-state index contributed by atoms with van der Waals surface area (Å²) in [6, 6.07) is 6.97. The molecule has 11 nitrogen and oxygen atoms in total. The Morgan fingerprint density at radius 2 is 1.75 bits per heavy atom. The zero-order valence-electron chi connectivity index (χ0n) is 27.1. The number of fused-ring (bicyclic) bond motifs is 3. The van der Waals surface area contributed by atoms with Gasteiger partial charge < -0.3 is 21.1 Å². The van der Waals surface area contributed by atoms with Gasteiger partial charge in [0.15, 0.2) is 9.84 Å². The number of nitrogens with zero attached hydrogens (tertiary/aromatic N) is 2. The van der Waals surface area contributed by atoms with E-state index in [1.54, 1.807) is 12.1 Å². The van der Waals surface area contributed by atoms with Crippen molar-refractivity contribution in [2.75, 3.05) is 43.0 Å². The first kappa shape index (κ1) is 33.8. The van der Waals surface area contributed by atoms with Crippen molar-refractivity contribution in [3.8, 4) is 11.1 Å². The fourth-order valence-electron chi connectivity index (χ4n) is 7.24. The average molecular weight is 686 g/mol. The number of rotatable bonds is 8. The fraction of sp³-hybridized carbons (Fsp3) is 0.500. The number of amides is 2. The number of aromatic nitrogens is 1. The van der Waals surface area contributed by atoms with Crippen LogP contribution in [0, 0.1) is 17.0 Å². The number of nitrogens with two attached hydrogens (primary N) is 1. The predicted molar refractivity (Wildman–Crippen MR) is 178 cm³/mol. The molecule has 3 aromatic rings. The van der Waals surface area contributed by atoms with E-state index in [2.05, 4.69) is 10.6 Å². The molecule has 3 aliphatic rings.